The zero-order chi connectivity index (χ0) is 14.2. The second-order valence-electron chi connectivity index (χ2n) is 4.81. The van der Waals surface area contributed by atoms with E-state index in [1.54, 1.807) is 31.2 Å². The van der Waals surface area contributed by atoms with Gasteiger partial charge in [0.15, 0.2) is 4.93 Å². The predicted molar refractivity (Wildman–Crippen MR) is 74.5 cm³/mol. The Balaban J connectivity index is 1.82. The van der Waals surface area contributed by atoms with Crippen molar-refractivity contribution in [2.75, 3.05) is 6.61 Å². The second-order valence-corrected chi connectivity index (χ2v) is 7.15. The summed E-state index contributed by atoms with van der Waals surface area (Å²) in [6, 6.07) is 15.7. The van der Waals surface area contributed by atoms with Crippen LogP contribution in [-0.2, 0) is 14.6 Å². The van der Waals surface area contributed by atoms with E-state index >= 15 is 0 Å². The molecule has 1 heterocycles. The average molecular weight is 290 g/mol. The van der Waals surface area contributed by atoms with Crippen LogP contribution < -0.4 is 4.74 Å². The predicted octanol–water partition coefficient (Wildman–Crippen LogP) is 3.00. The van der Waals surface area contributed by atoms with E-state index in [2.05, 4.69) is 0 Å². The molecule has 1 saturated heterocycles. The molecule has 0 aliphatic carbocycles. The van der Waals surface area contributed by atoms with Crippen LogP contribution >= 0.6 is 0 Å². The summed E-state index contributed by atoms with van der Waals surface area (Å²) in [6.07, 6.45) is 0. The molecule has 0 spiro atoms. The molecule has 1 aliphatic rings. The lowest BCUT2D eigenvalue weighted by Crippen LogP contribution is -2.20. The van der Waals surface area contributed by atoms with Gasteiger partial charge in [-0.25, -0.2) is 8.42 Å². The number of rotatable bonds is 4. The highest BCUT2D eigenvalue weighted by atomic mass is 32.2. The molecule has 0 bridgehead atoms. The van der Waals surface area contributed by atoms with Crippen molar-refractivity contribution < 1.29 is 17.9 Å². The van der Waals surface area contributed by atoms with Crippen LogP contribution in [0.3, 0.4) is 0 Å². The molecule has 1 fully saturated rings. The van der Waals surface area contributed by atoms with Crippen LogP contribution in [0.1, 0.15) is 6.92 Å². The number of epoxide rings is 1. The fraction of sp³-hybridized carbons (Fsp3) is 0.200. The summed E-state index contributed by atoms with van der Waals surface area (Å²) in [5.74, 6) is 1.30. The lowest BCUT2D eigenvalue weighted by atomic mass is 10.3. The van der Waals surface area contributed by atoms with Crippen molar-refractivity contribution in [2.24, 2.45) is 0 Å². The zero-order valence-corrected chi connectivity index (χ0v) is 11.8. The Hall–Kier alpha value is -1.85. The van der Waals surface area contributed by atoms with Crippen LogP contribution in [0, 0.1) is 0 Å². The van der Waals surface area contributed by atoms with Gasteiger partial charge < -0.3 is 9.47 Å². The smallest absolute Gasteiger partial charge is 0.210 e. The van der Waals surface area contributed by atoms with Crippen molar-refractivity contribution >= 4 is 9.84 Å². The first kappa shape index (κ1) is 13.1. The van der Waals surface area contributed by atoms with Crippen LogP contribution in [0.15, 0.2) is 59.5 Å². The van der Waals surface area contributed by atoms with E-state index in [1.165, 1.54) is 0 Å². The van der Waals surface area contributed by atoms with E-state index in [1.807, 2.05) is 30.3 Å². The van der Waals surface area contributed by atoms with Gasteiger partial charge >= 0.3 is 0 Å². The van der Waals surface area contributed by atoms with Gasteiger partial charge in [0, 0.05) is 0 Å². The molecular formula is C15H14O4S. The SMILES string of the molecule is CC1(S(=O)(=O)c2ccc(Oc3ccccc3)cc2)CO1. The molecule has 104 valence electrons. The van der Waals surface area contributed by atoms with Crippen molar-refractivity contribution in [1.82, 2.24) is 0 Å². The van der Waals surface area contributed by atoms with Gasteiger partial charge in [0.1, 0.15) is 11.5 Å². The molecule has 5 heteroatoms. The van der Waals surface area contributed by atoms with Gasteiger partial charge in [-0.1, -0.05) is 18.2 Å². The standard InChI is InChI=1S/C15H14O4S/c1-15(11-18-15)20(16,17)14-9-7-13(8-10-14)19-12-5-3-2-4-6-12/h2-10H,11H2,1H3. The van der Waals surface area contributed by atoms with E-state index in [-0.39, 0.29) is 11.5 Å². The number of ether oxygens (including phenoxy) is 2. The molecule has 2 aromatic carbocycles. The number of benzene rings is 2. The Morgan fingerprint density at radius 3 is 2.10 bits per heavy atom. The Kier molecular flexibility index (Phi) is 3.03. The number of sulfone groups is 1. The lowest BCUT2D eigenvalue weighted by Gasteiger charge is -2.09. The van der Waals surface area contributed by atoms with Gasteiger partial charge in [0.05, 0.1) is 11.5 Å². The van der Waals surface area contributed by atoms with Crippen LogP contribution in [-0.4, -0.2) is 20.0 Å². The third kappa shape index (κ3) is 2.30. The maximum Gasteiger partial charge on any atom is 0.210 e. The topological polar surface area (TPSA) is 55.9 Å². The summed E-state index contributed by atoms with van der Waals surface area (Å²) in [5, 5.41) is 0. The van der Waals surface area contributed by atoms with Gasteiger partial charge in [-0.3, -0.25) is 0 Å². The Bertz CT molecular complexity index is 701. The van der Waals surface area contributed by atoms with Crippen molar-refractivity contribution in [2.45, 2.75) is 16.8 Å². The molecular weight excluding hydrogens is 276 g/mol. The molecule has 3 rings (SSSR count). The highest BCUT2D eigenvalue weighted by molar-refractivity contribution is 7.93. The first-order valence-corrected chi connectivity index (χ1v) is 7.71. The summed E-state index contributed by atoms with van der Waals surface area (Å²) in [7, 11) is -3.43. The zero-order valence-electron chi connectivity index (χ0n) is 10.9. The van der Waals surface area contributed by atoms with Crippen molar-refractivity contribution in [1.29, 1.82) is 0 Å². The van der Waals surface area contributed by atoms with E-state index in [9.17, 15) is 8.42 Å². The maximum absolute atomic E-state index is 12.2. The Morgan fingerprint density at radius 2 is 1.55 bits per heavy atom. The molecule has 0 N–H and O–H groups in total. The lowest BCUT2D eigenvalue weighted by molar-refractivity contribution is 0.384. The van der Waals surface area contributed by atoms with Gasteiger partial charge in [-0.2, -0.15) is 0 Å². The van der Waals surface area contributed by atoms with Gasteiger partial charge in [-0.15, -0.1) is 0 Å². The largest absolute Gasteiger partial charge is 0.457 e. The average Bonchev–Trinajstić information content (AvgIpc) is 3.20. The second kappa shape index (κ2) is 4.61. The summed E-state index contributed by atoms with van der Waals surface area (Å²) >= 11 is 0. The molecule has 0 aromatic heterocycles. The van der Waals surface area contributed by atoms with Crippen LogP contribution in [0.5, 0.6) is 11.5 Å². The Labute approximate surface area is 117 Å². The minimum absolute atomic E-state index is 0.248. The van der Waals surface area contributed by atoms with Crippen LogP contribution in [0.4, 0.5) is 0 Å². The summed E-state index contributed by atoms with van der Waals surface area (Å²) < 4.78 is 35.1. The first-order valence-electron chi connectivity index (χ1n) is 6.23. The number of hydrogen-bond acceptors (Lipinski definition) is 4. The molecule has 1 unspecified atom stereocenters. The molecule has 4 nitrogen and oxygen atoms in total. The van der Waals surface area contributed by atoms with E-state index in [4.69, 9.17) is 9.47 Å². The van der Waals surface area contributed by atoms with Gasteiger partial charge in [0.25, 0.3) is 0 Å². The molecule has 2 aromatic rings. The van der Waals surface area contributed by atoms with Crippen LogP contribution in [0.2, 0.25) is 0 Å². The molecule has 1 aliphatic heterocycles. The number of hydrogen-bond donors (Lipinski definition) is 0. The first-order chi connectivity index (χ1) is 9.51. The fourth-order valence-electron chi connectivity index (χ4n) is 1.82. The monoisotopic (exact) mass is 290 g/mol. The minimum Gasteiger partial charge on any atom is -0.457 e. The maximum atomic E-state index is 12.2. The molecule has 0 radical (unpaired) electrons. The fourth-order valence-corrected chi connectivity index (χ4v) is 3.18. The third-order valence-corrected chi connectivity index (χ3v) is 5.50. The molecule has 20 heavy (non-hydrogen) atoms. The van der Waals surface area contributed by atoms with Crippen molar-refractivity contribution in [3.63, 3.8) is 0 Å². The molecule has 1 atom stereocenters. The van der Waals surface area contributed by atoms with Crippen LogP contribution in [0.25, 0.3) is 0 Å². The molecule has 0 amide bonds. The highest BCUT2D eigenvalue weighted by Crippen LogP contribution is 2.37. The Morgan fingerprint density at radius 1 is 1.00 bits per heavy atom. The van der Waals surface area contributed by atoms with E-state index < -0.39 is 14.8 Å². The summed E-state index contributed by atoms with van der Waals surface area (Å²) in [4.78, 5) is -0.813. The van der Waals surface area contributed by atoms with E-state index in [0.29, 0.717) is 11.5 Å². The van der Waals surface area contributed by atoms with Gasteiger partial charge in [0.2, 0.25) is 9.84 Å². The summed E-state index contributed by atoms with van der Waals surface area (Å²) in [5.41, 5.74) is 0. The van der Waals surface area contributed by atoms with Gasteiger partial charge in [-0.05, 0) is 43.3 Å². The van der Waals surface area contributed by atoms with Crippen molar-refractivity contribution in [3.8, 4) is 11.5 Å². The van der Waals surface area contributed by atoms with E-state index in [0.717, 1.165) is 0 Å². The normalized spacial score (nSPS) is 21.4. The van der Waals surface area contributed by atoms with Crippen molar-refractivity contribution in [3.05, 3.63) is 54.6 Å². The third-order valence-electron chi connectivity index (χ3n) is 3.23. The minimum atomic E-state index is -3.43. The molecule has 0 saturated carbocycles. The highest BCUT2D eigenvalue weighted by Gasteiger charge is 2.53. The summed E-state index contributed by atoms with van der Waals surface area (Å²) in [6.45, 7) is 1.83. The quantitative estimate of drug-likeness (QED) is 0.812. The number of para-hydroxylation sites is 1.